The van der Waals surface area contributed by atoms with Crippen molar-refractivity contribution in [3.63, 3.8) is 0 Å². The second kappa shape index (κ2) is 11.3. The van der Waals surface area contributed by atoms with Crippen LogP contribution in [0.25, 0.3) is 0 Å². The van der Waals surface area contributed by atoms with Crippen LogP contribution in [0.4, 0.5) is 5.69 Å². The molecule has 0 spiro atoms. The summed E-state index contributed by atoms with van der Waals surface area (Å²) in [5.41, 5.74) is 4.56. The van der Waals surface area contributed by atoms with Gasteiger partial charge in [-0.2, -0.15) is 0 Å². The van der Waals surface area contributed by atoms with E-state index in [2.05, 4.69) is 67.0 Å². The fourth-order valence-corrected chi connectivity index (χ4v) is 4.26. The summed E-state index contributed by atoms with van der Waals surface area (Å²) in [4.78, 5) is 18.1. The zero-order chi connectivity index (χ0) is 21.3. The van der Waals surface area contributed by atoms with E-state index in [1.54, 1.807) is 0 Å². The van der Waals surface area contributed by atoms with Crippen molar-refractivity contribution in [1.82, 2.24) is 4.90 Å². The molecule has 162 valence electrons. The molecule has 2 aromatic carbocycles. The topological polar surface area (TPSA) is 32.8 Å². The lowest BCUT2D eigenvalue weighted by molar-refractivity contribution is 0.0830. The van der Waals surface area contributed by atoms with Crippen molar-refractivity contribution in [2.75, 3.05) is 44.3 Å². The molecular formula is C26H36N2O2. The molecule has 0 aromatic heterocycles. The zero-order valence-electron chi connectivity index (χ0n) is 18.8. The monoisotopic (exact) mass is 408 g/mol. The number of carbonyl (C=O) groups is 1. The first-order valence-electron chi connectivity index (χ1n) is 11.4. The fraction of sp³-hybridized carbons (Fsp3) is 0.500. The molecule has 1 saturated heterocycles. The van der Waals surface area contributed by atoms with Crippen LogP contribution in [0.2, 0.25) is 0 Å². The van der Waals surface area contributed by atoms with E-state index in [-0.39, 0.29) is 11.8 Å². The molecular weight excluding hydrogens is 372 g/mol. The summed E-state index contributed by atoms with van der Waals surface area (Å²) in [6.45, 7) is 11.5. The summed E-state index contributed by atoms with van der Waals surface area (Å²) in [5.74, 6) is 0.213. The Bertz CT molecular complexity index is 776. The number of ketones is 1. The maximum atomic E-state index is 13.5. The molecule has 0 aliphatic carbocycles. The average Bonchev–Trinajstić information content (AvgIpc) is 2.81. The summed E-state index contributed by atoms with van der Waals surface area (Å²) in [6, 6.07) is 16.8. The van der Waals surface area contributed by atoms with Crippen LogP contribution < -0.4 is 4.90 Å². The third-order valence-electron chi connectivity index (χ3n) is 6.07. The minimum Gasteiger partial charge on any atom is -0.378 e. The van der Waals surface area contributed by atoms with E-state index in [1.165, 1.54) is 16.8 Å². The van der Waals surface area contributed by atoms with Gasteiger partial charge in [0.2, 0.25) is 0 Å². The van der Waals surface area contributed by atoms with Crippen molar-refractivity contribution in [2.45, 2.75) is 46.1 Å². The lowest BCUT2D eigenvalue weighted by atomic mass is 9.95. The Labute approximate surface area is 181 Å². The molecule has 1 aliphatic rings. The molecule has 1 fully saturated rings. The number of hydrogen-bond donors (Lipinski definition) is 0. The first kappa shape index (κ1) is 22.5. The zero-order valence-corrected chi connectivity index (χ0v) is 18.8. The number of carbonyl (C=O) groups excluding carboxylic acids is 1. The molecule has 0 N–H and O–H groups in total. The number of benzene rings is 2. The molecule has 1 heterocycles. The van der Waals surface area contributed by atoms with Crippen LogP contribution in [0, 0.1) is 0 Å². The van der Waals surface area contributed by atoms with E-state index in [4.69, 9.17) is 4.74 Å². The van der Waals surface area contributed by atoms with Crippen LogP contribution in [0.15, 0.2) is 48.5 Å². The van der Waals surface area contributed by atoms with Gasteiger partial charge in [-0.25, -0.2) is 0 Å². The number of Topliss-reactive ketones (excluding diaryl/α,β-unsaturated/α-hetero) is 1. The average molecular weight is 409 g/mol. The van der Waals surface area contributed by atoms with E-state index in [0.717, 1.165) is 64.2 Å². The number of aryl methyl sites for hydroxylation is 1. The molecule has 1 unspecified atom stereocenters. The lowest BCUT2D eigenvalue weighted by Crippen LogP contribution is -2.42. The Balaban J connectivity index is 1.76. The molecule has 0 bridgehead atoms. The van der Waals surface area contributed by atoms with Crippen molar-refractivity contribution < 1.29 is 9.53 Å². The van der Waals surface area contributed by atoms with Crippen LogP contribution in [0.1, 0.15) is 48.7 Å². The van der Waals surface area contributed by atoms with E-state index in [9.17, 15) is 4.79 Å². The number of anilines is 1. The predicted molar refractivity (Wildman–Crippen MR) is 125 cm³/mol. The molecule has 0 radical (unpaired) electrons. The molecule has 4 nitrogen and oxygen atoms in total. The van der Waals surface area contributed by atoms with Gasteiger partial charge in [0.1, 0.15) is 0 Å². The number of hydrogen-bond acceptors (Lipinski definition) is 4. The first-order chi connectivity index (χ1) is 14.7. The van der Waals surface area contributed by atoms with Crippen molar-refractivity contribution >= 4 is 11.5 Å². The molecule has 1 atom stereocenters. The second-order valence-corrected chi connectivity index (χ2v) is 8.02. The highest BCUT2D eigenvalue weighted by Crippen LogP contribution is 2.20. The Morgan fingerprint density at radius 2 is 1.53 bits per heavy atom. The van der Waals surface area contributed by atoms with Gasteiger partial charge in [0.15, 0.2) is 5.78 Å². The summed E-state index contributed by atoms with van der Waals surface area (Å²) >= 11 is 0. The highest BCUT2D eigenvalue weighted by atomic mass is 16.5. The van der Waals surface area contributed by atoms with Gasteiger partial charge in [-0.1, -0.05) is 51.5 Å². The summed E-state index contributed by atoms with van der Waals surface area (Å²) in [6.07, 6.45) is 3.01. The summed E-state index contributed by atoms with van der Waals surface area (Å²) in [7, 11) is 0. The number of nitrogens with zero attached hydrogens (tertiary/aromatic N) is 2. The van der Waals surface area contributed by atoms with Crippen LogP contribution in [0.5, 0.6) is 0 Å². The Hall–Kier alpha value is -2.17. The first-order valence-corrected chi connectivity index (χ1v) is 11.4. The maximum Gasteiger partial charge on any atom is 0.180 e. The van der Waals surface area contributed by atoms with Crippen LogP contribution in [0.3, 0.4) is 0 Å². The van der Waals surface area contributed by atoms with Crippen LogP contribution in [-0.2, 0) is 17.6 Å². The number of ether oxygens (including phenoxy) is 1. The smallest absolute Gasteiger partial charge is 0.180 e. The van der Waals surface area contributed by atoms with E-state index in [0.29, 0.717) is 0 Å². The molecule has 4 heteroatoms. The fourth-order valence-electron chi connectivity index (χ4n) is 4.26. The third-order valence-corrected chi connectivity index (χ3v) is 6.07. The quantitative estimate of drug-likeness (QED) is 0.538. The molecule has 0 amide bonds. The summed E-state index contributed by atoms with van der Waals surface area (Å²) < 4.78 is 5.44. The normalized spacial score (nSPS) is 15.4. The molecule has 30 heavy (non-hydrogen) atoms. The van der Waals surface area contributed by atoms with Crippen molar-refractivity contribution in [1.29, 1.82) is 0 Å². The Kier molecular flexibility index (Phi) is 8.47. The lowest BCUT2D eigenvalue weighted by Gasteiger charge is -2.30. The minimum atomic E-state index is -0.133. The second-order valence-electron chi connectivity index (χ2n) is 8.02. The van der Waals surface area contributed by atoms with Gasteiger partial charge in [-0.15, -0.1) is 0 Å². The van der Waals surface area contributed by atoms with Crippen molar-refractivity contribution in [3.8, 4) is 0 Å². The van der Waals surface area contributed by atoms with Crippen LogP contribution in [-0.4, -0.2) is 56.1 Å². The number of morpholine rings is 1. The third kappa shape index (κ3) is 5.71. The van der Waals surface area contributed by atoms with Gasteiger partial charge in [0, 0.05) is 24.3 Å². The predicted octanol–water partition coefficient (Wildman–Crippen LogP) is 4.61. The van der Waals surface area contributed by atoms with Crippen molar-refractivity contribution in [2.24, 2.45) is 0 Å². The molecule has 2 aromatic rings. The van der Waals surface area contributed by atoms with E-state index >= 15 is 0 Å². The maximum absolute atomic E-state index is 13.5. The number of likely N-dealkylation sites (N-methyl/N-ethyl adjacent to an activating group) is 1. The van der Waals surface area contributed by atoms with Gasteiger partial charge < -0.3 is 9.64 Å². The molecule has 3 rings (SSSR count). The number of rotatable bonds is 10. The minimum absolute atomic E-state index is 0.133. The highest BCUT2D eigenvalue weighted by Gasteiger charge is 2.25. The molecule has 1 aliphatic heterocycles. The summed E-state index contributed by atoms with van der Waals surface area (Å²) in [5, 5.41) is 0. The highest BCUT2D eigenvalue weighted by molar-refractivity contribution is 6.00. The van der Waals surface area contributed by atoms with Gasteiger partial charge in [-0.05, 0) is 61.3 Å². The Morgan fingerprint density at radius 3 is 2.10 bits per heavy atom. The van der Waals surface area contributed by atoms with Gasteiger partial charge in [0.05, 0.1) is 19.3 Å². The van der Waals surface area contributed by atoms with Crippen molar-refractivity contribution in [3.05, 3.63) is 65.2 Å². The van der Waals surface area contributed by atoms with Gasteiger partial charge >= 0.3 is 0 Å². The largest absolute Gasteiger partial charge is 0.378 e. The van der Waals surface area contributed by atoms with Crippen LogP contribution >= 0.6 is 0 Å². The Morgan fingerprint density at radius 1 is 0.933 bits per heavy atom. The van der Waals surface area contributed by atoms with Gasteiger partial charge in [0.25, 0.3) is 0 Å². The SMILES string of the molecule is CCCc1ccc(CC(C(=O)c2ccc(N3CCOCC3)cc2)N(CC)CC)cc1. The van der Waals surface area contributed by atoms with E-state index in [1.807, 2.05) is 12.1 Å². The van der Waals surface area contributed by atoms with E-state index < -0.39 is 0 Å². The van der Waals surface area contributed by atoms with Gasteiger partial charge in [-0.3, -0.25) is 9.69 Å². The molecule has 0 saturated carbocycles. The standard InChI is InChI=1S/C26H36N2O2/c1-4-7-21-8-10-22(11-9-21)20-25(27(5-2)6-3)26(29)23-12-14-24(15-13-23)28-16-18-30-19-17-28/h8-15,25H,4-7,16-20H2,1-3H3.